The van der Waals surface area contributed by atoms with Crippen LogP contribution in [-0.4, -0.2) is 14.9 Å². The van der Waals surface area contributed by atoms with Crippen molar-refractivity contribution < 1.29 is 9.66 Å². The molecule has 0 saturated carbocycles. The van der Waals surface area contributed by atoms with E-state index in [4.69, 9.17) is 26.3 Å². The van der Waals surface area contributed by atoms with Gasteiger partial charge >= 0.3 is 0 Å². The number of non-ortho nitro benzene ring substituents is 1. The Balaban J connectivity index is 1.52. The Labute approximate surface area is 231 Å². The van der Waals surface area contributed by atoms with Gasteiger partial charge in [0.25, 0.3) is 5.69 Å². The number of nitro benzene ring substituents is 1. The van der Waals surface area contributed by atoms with Gasteiger partial charge in [-0.1, -0.05) is 61.3 Å². The first-order valence-corrected chi connectivity index (χ1v) is 13.1. The number of benzene rings is 4. The van der Waals surface area contributed by atoms with Gasteiger partial charge in [-0.15, -0.1) is 0 Å². The van der Waals surface area contributed by atoms with Crippen LogP contribution in [0.15, 0.2) is 84.9 Å². The minimum absolute atomic E-state index is 0.109. The number of hydrogen-bond acceptors (Lipinski definition) is 6. The summed E-state index contributed by atoms with van der Waals surface area (Å²) in [4.78, 5) is 20.9. The number of fused-ring (bicyclic) bond motifs is 1. The Morgan fingerprint density at radius 1 is 0.949 bits per heavy atom. The highest BCUT2D eigenvalue weighted by atomic mass is 35.5. The number of hydrogen-bond donors (Lipinski definition) is 1. The van der Waals surface area contributed by atoms with Crippen molar-refractivity contribution in [3.05, 3.63) is 111 Å². The molecule has 1 heterocycles. The summed E-state index contributed by atoms with van der Waals surface area (Å²) in [5.74, 6) is 1.95. The summed E-state index contributed by atoms with van der Waals surface area (Å²) >= 11 is 6.13. The van der Waals surface area contributed by atoms with Gasteiger partial charge in [0.05, 0.1) is 22.2 Å². The number of nitrogens with one attached hydrogen (secondary N) is 1. The first-order chi connectivity index (χ1) is 18.9. The fourth-order valence-corrected chi connectivity index (χ4v) is 4.39. The number of anilines is 2. The lowest BCUT2D eigenvalue weighted by Crippen LogP contribution is -2.01. The molecule has 196 valence electrons. The number of aromatic nitrogens is 2. The number of para-hydroxylation sites is 1. The van der Waals surface area contributed by atoms with E-state index in [1.54, 1.807) is 24.3 Å². The number of unbranched alkanes of at least 4 members (excludes halogenated alkanes) is 1. The summed E-state index contributed by atoms with van der Waals surface area (Å²) < 4.78 is 5.97. The summed E-state index contributed by atoms with van der Waals surface area (Å²) in [7, 11) is 0. The van der Waals surface area contributed by atoms with Gasteiger partial charge in [-0.2, -0.15) is 0 Å². The van der Waals surface area contributed by atoms with Crippen molar-refractivity contribution in [2.75, 3.05) is 5.32 Å². The minimum Gasteiger partial charge on any atom is -0.457 e. The van der Waals surface area contributed by atoms with Crippen LogP contribution in [0.4, 0.5) is 17.2 Å². The molecule has 0 fully saturated rings. The largest absolute Gasteiger partial charge is 0.457 e. The monoisotopic (exact) mass is 538 g/mol. The zero-order valence-corrected chi connectivity index (χ0v) is 22.4. The highest BCUT2D eigenvalue weighted by Gasteiger charge is 2.15. The molecule has 8 heteroatoms. The SMILES string of the molecule is CCCCc1ccc(-c2nc(Nc3cc(Oc4ccc(Cl)c(C)c4)cc([N+](=O)[O-])c3)c3ccccc3n2)cc1. The van der Waals surface area contributed by atoms with Crippen LogP contribution in [0.2, 0.25) is 5.02 Å². The van der Waals surface area contributed by atoms with E-state index < -0.39 is 4.92 Å². The minimum atomic E-state index is -0.450. The molecule has 0 spiro atoms. The Bertz CT molecular complexity index is 1650. The lowest BCUT2D eigenvalue weighted by Gasteiger charge is -2.13. The van der Waals surface area contributed by atoms with Gasteiger partial charge in [0.2, 0.25) is 0 Å². The van der Waals surface area contributed by atoms with E-state index in [2.05, 4.69) is 24.4 Å². The maximum atomic E-state index is 11.7. The predicted octanol–water partition coefficient (Wildman–Crippen LogP) is 9.05. The number of nitrogens with zero attached hydrogens (tertiary/aromatic N) is 3. The number of nitro groups is 1. The number of ether oxygens (including phenoxy) is 1. The fourth-order valence-electron chi connectivity index (χ4n) is 4.28. The Kier molecular flexibility index (Phi) is 7.70. The normalized spacial score (nSPS) is 10.9. The van der Waals surface area contributed by atoms with Crippen LogP contribution in [-0.2, 0) is 6.42 Å². The van der Waals surface area contributed by atoms with Crippen LogP contribution < -0.4 is 10.1 Å². The molecule has 0 aliphatic rings. The van der Waals surface area contributed by atoms with Crippen molar-refractivity contribution in [2.24, 2.45) is 0 Å². The smallest absolute Gasteiger partial charge is 0.275 e. The fraction of sp³-hybridized carbons (Fsp3) is 0.161. The van der Waals surface area contributed by atoms with Gasteiger partial charge in [-0.05, 0) is 61.2 Å². The Hall–Kier alpha value is -4.49. The molecule has 4 aromatic carbocycles. The number of halogens is 1. The number of aryl methyl sites for hydroxylation is 2. The van der Waals surface area contributed by atoms with Gasteiger partial charge in [-0.3, -0.25) is 10.1 Å². The van der Waals surface area contributed by atoms with Gasteiger partial charge in [0.1, 0.15) is 17.3 Å². The van der Waals surface area contributed by atoms with Crippen LogP contribution in [0.3, 0.4) is 0 Å². The Morgan fingerprint density at radius 3 is 2.49 bits per heavy atom. The van der Waals surface area contributed by atoms with Crippen molar-refractivity contribution in [3.63, 3.8) is 0 Å². The molecule has 0 saturated heterocycles. The van der Waals surface area contributed by atoms with Crippen LogP contribution in [0.5, 0.6) is 11.5 Å². The van der Waals surface area contributed by atoms with E-state index in [9.17, 15) is 10.1 Å². The molecular weight excluding hydrogens is 512 g/mol. The summed E-state index contributed by atoms with van der Waals surface area (Å²) in [6.45, 7) is 4.05. The molecule has 39 heavy (non-hydrogen) atoms. The maximum Gasteiger partial charge on any atom is 0.275 e. The zero-order valence-electron chi connectivity index (χ0n) is 21.6. The van der Waals surface area contributed by atoms with Crippen molar-refractivity contribution in [1.82, 2.24) is 9.97 Å². The van der Waals surface area contributed by atoms with Crippen molar-refractivity contribution >= 4 is 39.7 Å². The van der Waals surface area contributed by atoms with Gasteiger partial charge < -0.3 is 10.1 Å². The molecule has 0 atom stereocenters. The second-order valence-corrected chi connectivity index (χ2v) is 9.73. The summed E-state index contributed by atoms with van der Waals surface area (Å²) in [6.07, 6.45) is 3.33. The van der Waals surface area contributed by atoms with Crippen LogP contribution in [0, 0.1) is 17.0 Å². The number of rotatable bonds is 9. The standard InChI is InChI=1S/C31H27ClN4O3/c1-3-4-7-21-10-12-22(13-11-21)30-34-29-9-6-5-8-27(29)31(35-30)33-23-17-24(36(37)38)19-26(18-23)39-25-14-15-28(32)20(2)16-25/h5-6,8-19H,3-4,7H2,1-2H3,(H,33,34,35). The molecule has 0 radical (unpaired) electrons. The first kappa shape index (κ1) is 26.1. The van der Waals surface area contributed by atoms with E-state index in [1.807, 2.05) is 43.3 Å². The molecule has 0 bridgehead atoms. The summed E-state index contributed by atoms with van der Waals surface area (Å²) in [5.41, 5.74) is 4.14. The van der Waals surface area contributed by atoms with E-state index in [0.717, 1.165) is 41.3 Å². The predicted molar refractivity (Wildman–Crippen MR) is 156 cm³/mol. The first-order valence-electron chi connectivity index (χ1n) is 12.8. The molecule has 7 nitrogen and oxygen atoms in total. The topological polar surface area (TPSA) is 90.2 Å². The van der Waals surface area contributed by atoms with Crippen LogP contribution in [0.25, 0.3) is 22.3 Å². The molecule has 0 amide bonds. The average Bonchev–Trinajstić information content (AvgIpc) is 2.94. The third-order valence-electron chi connectivity index (χ3n) is 6.36. The van der Waals surface area contributed by atoms with E-state index in [0.29, 0.717) is 33.9 Å². The second-order valence-electron chi connectivity index (χ2n) is 9.32. The molecule has 5 rings (SSSR count). The average molecular weight is 539 g/mol. The highest BCUT2D eigenvalue weighted by Crippen LogP contribution is 2.34. The van der Waals surface area contributed by atoms with Gasteiger partial charge in [0, 0.05) is 28.1 Å². The van der Waals surface area contributed by atoms with Gasteiger partial charge in [0.15, 0.2) is 5.82 Å². The lowest BCUT2D eigenvalue weighted by atomic mass is 10.1. The summed E-state index contributed by atoms with van der Waals surface area (Å²) in [5, 5.41) is 16.4. The maximum absolute atomic E-state index is 11.7. The molecule has 1 N–H and O–H groups in total. The van der Waals surface area contributed by atoms with Gasteiger partial charge in [-0.25, -0.2) is 9.97 Å². The van der Waals surface area contributed by atoms with E-state index in [-0.39, 0.29) is 5.69 Å². The third-order valence-corrected chi connectivity index (χ3v) is 6.79. The molecule has 0 aliphatic carbocycles. The molecule has 0 aliphatic heterocycles. The Morgan fingerprint density at radius 2 is 1.74 bits per heavy atom. The molecule has 0 unspecified atom stereocenters. The van der Waals surface area contributed by atoms with Crippen molar-refractivity contribution in [3.8, 4) is 22.9 Å². The highest BCUT2D eigenvalue weighted by molar-refractivity contribution is 6.31. The lowest BCUT2D eigenvalue weighted by molar-refractivity contribution is -0.384. The zero-order chi connectivity index (χ0) is 27.4. The van der Waals surface area contributed by atoms with E-state index in [1.165, 1.54) is 17.7 Å². The van der Waals surface area contributed by atoms with Crippen molar-refractivity contribution in [2.45, 2.75) is 33.1 Å². The second kappa shape index (κ2) is 11.5. The third kappa shape index (κ3) is 6.16. The molecular formula is C31H27ClN4O3. The molecule has 5 aromatic rings. The van der Waals surface area contributed by atoms with Crippen LogP contribution in [0.1, 0.15) is 30.9 Å². The van der Waals surface area contributed by atoms with E-state index >= 15 is 0 Å². The quantitative estimate of drug-likeness (QED) is 0.149. The molecule has 1 aromatic heterocycles. The van der Waals surface area contributed by atoms with Crippen LogP contribution >= 0.6 is 11.6 Å². The van der Waals surface area contributed by atoms with Crippen molar-refractivity contribution in [1.29, 1.82) is 0 Å². The summed E-state index contributed by atoms with van der Waals surface area (Å²) in [6, 6.07) is 25.7.